The summed E-state index contributed by atoms with van der Waals surface area (Å²) in [4.78, 5) is 12.3. The van der Waals surface area contributed by atoms with Gasteiger partial charge < -0.3 is 4.74 Å². The molecule has 0 amide bonds. The summed E-state index contributed by atoms with van der Waals surface area (Å²) >= 11 is 0. The third kappa shape index (κ3) is 2.03. The lowest BCUT2D eigenvalue weighted by molar-refractivity contribution is 0.0899. The maximum atomic E-state index is 12.3. The van der Waals surface area contributed by atoms with Gasteiger partial charge in [0.25, 0.3) is 0 Å². The molecule has 2 nitrogen and oxygen atoms in total. The average molecular weight is 218 g/mol. The molecule has 1 aliphatic heterocycles. The maximum absolute atomic E-state index is 12.3. The maximum Gasteiger partial charge on any atom is 0.168 e. The van der Waals surface area contributed by atoms with Crippen LogP contribution >= 0.6 is 0 Å². The Balaban J connectivity index is 2.35. The first-order chi connectivity index (χ1) is 7.59. The van der Waals surface area contributed by atoms with Gasteiger partial charge in [0.2, 0.25) is 0 Å². The summed E-state index contributed by atoms with van der Waals surface area (Å²) in [7, 11) is 0. The van der Waals surface area contributed by atoms with Gasteiger partial charge in [-0.15, -0.1) is 0 Å². The third-order valence-corrected chi connectivity index (χ3v) is 3.22. The van der Waals surface area contributed by atoms with Gasteiger partial charge in [-0.3, -0.25) is 4.79 Å². The summed E-state index contributed by atoms with van der Waals surface area (Å²) in [6, 6.07) is 4.16. The molecule has 16 heavy (non-hydrogen) atoms. The number of hydrogen-bond acceptors (Lipinski definition) is 2. The van der Waals surface area contributed by atoms with Crippen LogP contribution in [0.1, 0.15) is 33.5 Å². The first-order valence-corrected chi connectivity index (χ1v) is 5.79. The van der Waals surface area contributed by atoms with Gasteiger partial charge in [-0.25, -0.2) is 0 Å². The van der Waals surface area contributed by atoms with Crippen LogP contribution in [0.25, 0.3) is 0 Å². The van der Waals surface area contributed by atoms with Crippen LogP contribution < -0.4 is 0 Å². The molecule has 1 aromatic rings. The number of hydrogen-bond donors (Lipinski definition) is 0. The number of rotatable bonds is 2. The summed E-state index contributed by atoms with van der Waals surface area (Å²) in [5, 5.41) is 0. The van der Waals surface area contributed by atoms with Gasteiger partial charge in [0.1, 0.15) is 0 Å². The predicted molar refractivity (Wildman–Crippen MR) is 63.9 cm³/mol. The van der Waals surface area contributed by atoms with Crippen molar-refractivity contribution in [1.82, 2.24) is 0 Å². The Hall–Kier alpha value is -1.15. The fraction of sp³-hybridized carbons (Fsp3) is 0.500. The molecule has 2 rings (SSSR count). The predicted octanol–water partition coefficient (Wildman–Crippen LogP) is 2.83. The van der Waals surface area contributed by atoms with E-state index in [1.807, 2.05) is 13.8 Å². The molecule has 1 saturated heterocycles. The second-order valence-corrected chi connectivity index (χ2v) is 4.70. The molecule has 2 heteroatoms. The van der Waals surface area contributed by atoms with Gasteiger partial charge in [0.05, 0.1) is 6.61 Å². The first kappa shape index (κ1) is 11.3. The molecule has 0 N–H and O–H groups in total. The Labute approximate surface area is 96.6 Å². The zero-order valence-electron chi connectivity index (χ0n) is 10.2. The molecular weight excluding hydrogens is 200 g/mol. The van der Waals surface area contributed by atoms with E-state index >= 15 is 0 Å². The summed E-state index contributed by atoms with van der Waals surface area (Å²) in [6.45, 7) is 7.41. The SMILES string of the molecule is Cc1cc(C)c(C(=O)C2CCOC2)c(C)c1. The Morgan fingerprint density at radius 3 is 2.38 bits per heavy atom. The normalized spacial score (nSPS) is 20.1. The topological polar surface area (TPSA) is 26.3 Å². The third-order valence-electron chi connectivity index (χ3n) is 3.22. The van der Waals surface area contributed by atoms with Gasteiger partial charge in [-0.2, -0.15) is 0 Å². The van der Waals surface area contributed by atoms with Gasteiger partial charge in [0, 0.05) is 18.1 Å². The molecule has 86 valence electrons. The zero-order valence-corrected chi connectivity index (χ0v) is 10.2. The van der Waals surface area contributed by atoms with Crippen LogP contribution in [0, 0.1) is 26.7 Å². The van der Waals surface area contributed by atoms with Crippen molar-refractivity contribution in [3.8, 4) is 0 Å². The van der Waals surface area contributed by atoms with Crippen molar-refractivity contribution in [3.63, 3.8) is 0 Å². The number of aryl methyl sites for hydroxylation is 3. The molecule has 0 spiro atoms. The monoisotopic (exact) mass is 218 g/mol. The van der Waals surface area contributed by atoms with Gasteiger partial charge in [-0.05, 0) is 38.3 Å². The molecule has 0 radical (unpaired) electrons. The zero-order chi connectivity index (χ0) is 11.7. The minimum atomic E-state index is 0.0695. The van der Waals surface area contributed by atoms with Crippen molar-refractivity contribution in [2.24, 2.45) is 5.92 Å². The van der Waals surface area contributed by atoms with E-state index in [2.05, 4.69) is 19.1 Å². The number of benzene rings is 1. The molecule has 0 bridgehead atoms. The van der Waals surface area contributed by atoms with E-state index in [0.717, 1.165) is 29.7 Å². The number of ketones is 1. The van der Waals surface area contributed by atoms with Gasteiger partial charge >= 0.3 is 0 Å². The molecule has 0 aliphatic carbocycles. The van der Waals surface area contributed by atoms with E-state index in [4.69, 9.17) is 4.74 Å². The van der Waals surface area contributed by atoms with E-state index in [9.17, 15) is 4.79 Å². The summed E-state index contributed by atoms with van der Waals surface area (Å²) in [5.74, 6) is 0.326. The summed E-state index contributed by atoms with van der Waals surface area (Å²) < 4.78 is 5.28. The summed E-state index contributed by atoms with van der Waals surface area (Å²) in [6.07, 6.45) is 0.867. The quantitative estimate of drug-likeness (QED) is 0.713. The Bertz CT molecular complexity index is 392. The highest BCUT2D eigenvalue weighted by Crippen LogP contribution is 2.24. The fourth-order valence-corrected chi connectivity index (χ4v) is 2.51. The summed E-state index contributed by atoms with van der Waals surface area (Å²) in [5.41, 5.74) is 4.30. The standard InChI is InChI=1S/C14H18O2/c1-9-6-10(2)13(11(3)7-9)14(15)12-4-5-16-8-12/h6-7,12H,4-5,8H2,1-3H3. The van der Waals surface area contributed by atoms with Crippen molar-refractivity contribution < 1.29 is 9.53 Å². The highest BCUT2D eigenvalue weighted by molar-refractivity contribution is 6.00. The molecular formula is C14H18O2. The van der Waals surface area contributed by atoms with Crippen molar-refractivity contribution in [2.45, 2.75) is 27.2 Å². The number of carbonyl (C=O) groups excluding carboxylic acids is 1. The molecule has 0 saturated carbocycles. The molecule has 1 aliphatic rings. The number of carbonyl (C=O) groups is 1. The second kappa shape index (κ2) is 4.38. The minimum absolute atomic E-state index is 0.0695. The highest BCUT2D eigenvalue weighted by Gasteiger charge is 2.26. The smallest absolute Gasteiger partial charge is 0.168 e. The van der Waals surface area contributed by atoms with Crippen LogP contribution in [0.15, 0.2) is 12.1 Å². The first-order valence-electron chi connectivity index (χ1n) is 5.79. The van der Waals surface area contributed by atoms with E-state index in [0.29, 0.717) is 6.61 Å². The molecule has 1 unspecified atom stereocenters. The van der Waals surface area contributed by atoms with Crippen LogP contribution in [0.2, 0.25) is 0 Å². The molecule has 1 heterocycles. The van der Waals surface area contributed by atoms with Gasteiger partial charge in [0.15, 0.2) is 5.78 Å². The lowest BCUT2D eigenvalue weighted by atomic mass is 9.90. The Morgan fingerprint density at radius 1 is 1.25 bits per heavy atom. The number of Topliss-reactive ketones (excluding diaryl/α,β-unsaturated/α-hetero) is 1. The molecule has 1 atom stereocenters. The Morgan fingerprint density at radius 2 is 1.88 bits per heavy atom. The molecule has 1 aromatic carbocycles. The molecule has 1 fully saturated rings. The van der Waals surface area contributed by atoms with E-state index in [1.54, 1.807) is 0 Å². The Kier molecular flexibility index (Phi) is 3.10. The van der Waals surface area contributed by atoms with Crippen molar-refractivity contribution in [1.29, 1.82) is 0 Å². The van der Waals surface area contributed by atoms with Crippen molar-refractivity contribution in [2.75, 3.05) is 13.2 Å². The number of ether oxygens (including phenoxy) is 1. The lowest BCUT2D eigenvalue weighted by Gasteiger charge is -2.13. The lowest BCUT2D eigenvalue weighted by Crippen LogP contribution is -2.17. The van der Waals surface area contributed by atoms with Gasteiger partial charge in [-0.1, -0.05) is 17.7 Å². The van der Waals surface area contributed by atoms with Crippen LogP contribution in [0.5, 0.6) is 0 Å². The fourth-order valence-electron chi connectivity index (χ4n) is 2.51. The second-order valence-electron chi connectivity index (χ2n) is 4.70. The van der Waals surface area contributed by atoms with Crippen molar-refractivity contribution in [3.05, 3.63) is 34.4 Å². The highest BCUT2D eigenvalue weighted by atomic mass is 16.5. The van der Waals surface area contributed by atoms with Crippen LogP contribution in [-0.4, -0.2) is 19.0 Å². The van der Waals surface area contributed by atoms with Crippen LogP contribution in [-0.2, 0) is 4.74 Å². The van der Waals surface area contributed by atoms with E-state index in [1.165, 1.54) is 5.56 Å². The molecule has 0 aromatic heterocycles. The average Bonchev–Trinajstić information content (AvgIpc) is 2.67. The van der Waals surface area contributed by atoms with Crippen molar-refractivity contribution >= 4 is 5.78 Å². The minimum Gasteiger partial charge on any atom is -0.381 e. The van der Waals surface area contributed by atoms with E-state index in [-0.39, 0.29) is 11.7 Å². The van der Waals surface area contributed by atoms with Crippen LogP contribution in [0.3, 0.4) is 0 Å². The largest absolute Gasteiger partial charge is 0.381 e. The van der Waals surface area contributed by atoms with E-state index < -0.39 is 0 Å². The van der Waals surface area contributed by atoms with Crippen LogP contribution in [0.4, 0.5) is 0 Å².